The summed E-state index contributed by atoms with van der Waals surface area (Å²) in [5.74, 6) is 0.0168. The van der Waals surface area contributed by atoms with Crippen LogP contribution in [0.1, 0.15) is 124 Å². The highest BCUT2D eigenvalue weighted by Crippen LogP contribution is 2.49. The van der Waals surface area contributed by atoms with Gasteiger partial charge >= 0.3 is 5.97 Å². The smallest absolute Gasteiger partial charge is 0.335 e. The molecule has 0 saturated heterocycles. The molecule has 2 aliphatic rings. The topological polar surface area (TPSA) is 37.3 Å². The summed E-state index contributed by atoms with van der Waals surface area (Å²) in [6, 6.07) is 14.5. The van der Waals surface area contributed by atoms with E-state index in [2.05, 4.69) is 63.3 Å². The van der Waals surface area contributed by atoms with E-state index < -0.39 is 5.97 Å². The zero-order valence-corrected chi connectivity index (χ0v) is 25.0. The number of rotatable bonds is 12. The van der Waals surface area contributed by atoms with Crippen LogP contribution in [0.3, 0.4) is 0 Å². The van der Waals surface area contributed by atoms with E-state index in [1.807, 2.05) is 6.07 Å². The van der Waals surface area contributed by atoms with Gasteiger partial charge in [0.05, 0.1) is 12.2 Å². The average molecular weight is 545 g/mol. The molecule has 0 aliphatic heterocycles. The number of carbonyl (C=O) groups is 1. The molecule has 1 fully saturated rings. The minimum Gasteiger partial charge on any atom is -0.478 e. The second-order valence-electron chi connectivity index (χ2n) is 12.8. The number of aryl methyl sites for hydroxylation is 2. The third-order valence-corrected chi connectivity index (χ3v) is 9.44. The Hall–Kier alpha value is -2.68. The number of benzene rings is 2. The Labute approximate surface area is 241 Å². The van der Waals surface area contributed by atoms with Crippen molar-refractivity contribution in [3.8, 4) is 0 Å². The number of alkyl halides is 1. The molecular weight excluding hydrogens is 495 g/mol. The van der Waals surface area contributed by atoms with E-state index in [1.54, 1.807) is 11.6 Å². The van der Waals surface area contributed by atoms with Crippen LogP contribution < -0.4 is 0 Å². The summed E-state index contributed by atoms with van der Waals surface area (Å²) in [5.41, 5.74) is 8.41. The van der Waals surface area contributed by atoms with Gasteiger partial charge in [0, 0.05) is 0 Å². The van der Waals surface area contributed by atoms with Crippen molar-refractivity contribution in [2.45, 2.75) is 104 Å². The van der Waals surface area contributed by atoms with E-state index in [0.717, 1.165) is 37.7 Å². The van der Waals surface area contributed by atoms with Gasteiger partial charge in [0.25, 0.3) is 0 Å². The van der Waals surface area contributed by atoms with Gasteiger partial charge in [-0.1, -0.05) is 80.3 Å². The van der Waals surface area contributed by atoms with Crippen LogP contribution in [0.25, 0.3) is 5.57 Å². The lowest BCUT2D eigenvalue weighted by atomic mass is 9.65. The summed E-state index contributed by atoms with van der Waals surface area (Å²) < 4.78 is 13.4. The molecule has 2 aliphatic carbocycles. The molecule has 1 N–H and O–H groups in total. The lowest BCUT2D eigenvalue weighted by Gasteiger charge is -2.40. The molecule has 2 aromatic carbocycles. The monoisotopic (exact) mass is 544 g/mol. The second-order valence-corrected chi connectivity index (χ2v) is 12.8. The van der Waals surface area contributed by atoms with Gasteiger partial charge in [-0.05, 0) is 129 Å². The van der Waals surface area contributed by atoms with E-state index in [-0.39, 0.29) is 12.1 Å². The molecule has 1 unspecified atom stereocenters. The first kappa shape index (κ1) is 30.3. The Bertz CT molecular complexity index is 1200. The van der Waals surface area contributed by atoms with Crippen LogP contribution >= 0.6 is 0 Å². The highest BCUT2D eigenvalue weighted by atomic mass is 19.1. The van der Waals surface area contributed by atoms with E-state index in [9.17, 15) is 14.3 Å². The number of halogens is 1. The molecule has 1 saturated carbocycles. The molecule has 2 aromatic rings. The molecule has 3 heteroatoms. The maximum absolute atomic E-state index is 13.4. The average Bonchev–Trinajstić information content (AvgIpc) is 3.12. The quantitative estimate of drug-likeness (QED) is 0.213. The minimum absolute atomic E-state index is 0.238. The van der Waals surface area contributed by atoms with Crippen molar-refractivity contribution < 1.29 is 14.3 Å². The number of aromatic carboxylic acids is 1. The van der Waals surface area contributed by atoms with Crippen LogP contribution in [0, 0.1) is 24.2 Å². The summed E-state index contributed by atoms with van der Waals surface area (Å²) in [6.45, 7) is 6.58. The predicted octanol–water partition coefficient (Wildman–Crippen LogP) is 10.5. The van der Waals surface area contributed by atoms with E-state index >= 15 is 0 Å². The standard InChI is InChI=1S/C37H49FO2/c1-4-5-6-7-8-12-28(20-23-38)26-37(3)21-18-29(19-22-37)33-15-10-13-30-25-32(36(39)40)16-17-34(30)35(33)31-14-9-11-27(2)24-31/h8-9,11-12,14,16-17,24-25,28-29H,4-7,10,13,15,18-23,26H2,1-3H3,(H,39,40)/b12-8+. The van der Waals surface area contributed by atoms with Gasteiger partial charge in [0.1, 0.15) is 0 Å². The summed E-state index contributed by atoms with van der Waals surface area (Å²) in [4.78, 5) is 11.7. The Morgan fingerprint density at radius 1 is 1.12 bits per heavy atom. The minimum atomic E-state index is -0.859. The van der Waals surface area contributed by atoms with Gasteiger partial charge in [-0.25, -0.2) is 4.79 Å². The summed E-state index contributed by atoms with van der Waals surface area (Å²) in [7, 11) is 0. The van der Waals surface area contributed by atoms with Crippen LogP contribution in [-0.4, -0.2) is 17.8 Å². The number of hydrogen-bond acceptors (Lipinski definition) is 1. The second kappa shape index (κ2) is 14.3. The van der Waals surface area contributed by atoms with Crippen LogP contribution in [-0.2, 0) is 6.42 Å². The van der Waals surface area contributed by atoms with Crippen LogP contribution in [0.2, 0.25) is 0 Å². The van der Waals surface area contributed by atoms with Gasteiger partial charge in [-0.2, -0.15) is 0 Å². The SMILES string of the molecule is CCCCC/C=C/C(CCF)CC1(C)CCC(C2=C(c3cccc(C)c3)c3ccc(C(=O)O)cc3CCC2)CC1. The van der Waals surface area contributed by atoms with Gasteiger partial charge in [0.2, 0.25) is 0 Å². The Balaban J connectivity index is 1.58. The first-order valence-corrected chi connectivity index (χ1v) is 15.7. The number of carboxylic acids is 1. The van der Waals surface area contributed by atoms with Crippen LogP contribution in [0.4, 0.5) is 4.39 Å². The molecule has 4 rings (SSSR count). The fraction of sp³-hybridized carbons (Fsp3) is 0.541. The van der Waals surface area contributed by atoms with E-state index in [1.165, 1.54) is 67.2 Å². The summed E-state index contributed by atoms with van der Waals surface area (Å²) in [6.07, 6.45) is 18.9. The highest BCUT2D eigenvalue weighted by Gasteiger charge is 2.35. The van der Waals surface area contributed by atoms with Gasteiger partial charge < -0.3 is 5.11 Å². The zero-order valence-electron chi connectivity index (χ0n) is 25.0. The molecule has 0 radical (unpaired) electrons. The molecule has 0 aromatic heterocycles. The van der Waals surface area contributed by atoms with Crippen molar-refractivity contribution in [3.05, 3.63) is 88.0 Å². The number of allylic oxidation sites excluding steroid dienone is 3. The van der Waals surface area contributed by atoms with Gasteiger partial charge in [-0.3, -0.25) is 4.39 Å². The summed E-state index contributed by atoms with van der Waals surface area (Å²) >= 11 is 0. The van der Waals surface area contributed by atoms with Crippen molar-refractivity contribution in [2.24, 2.45) is 17.3 Å². The van der Waals surface area contributed by atoms with Crippen molar-refractivity contribution in [2.75, 3.05) is 6.67 Å². The fourth-order valence-electron chi connectivity index (χ4n) is 7.20. The third kappa shape index (κ3) is 7.74. The largest absolute Gasteiger partial charge is 0.478 e. The molecule has 0 amide bonds. The maximum Gasteiger partial charge on any atom is 0.335 e. The number of carboxylic acid groups (broad SMARTS) is 1. The molecule has 216 valence electrons. The van der Waals surface area contributed by atoms with E-state index in [0.29, 0.717) is 23.8 Å². The van der Waals surface area contributed by atoms with Gasteiger partial charge in [-0.15, -0.1) is 0 Å². The zero-order chi connectivity index (χ0) is 28.5. The normalized spacial score (nSPS) is 22.2. The molecular formula is C37H49FO2. The maximum atomic E-state index is 13.4. The number of hydrogen-bond donors (Lipinski definition) is 1. The molecule has 2 nitrogen and oxygen atoms in total. The third-order valence-electron chi connectivity index (χ3n) is 9.44. The van der Waals surface area contributed by atoms with E-state index in [4.69, 9.17) is 0 Å². The Kier molecular flexibility index (Phi) is 10.8. The predicted molar refractivity (Wildman–Crippen MR) is 166 cm³/mol. The Morgan fingerprint density at radius 3 is 2.62 bits per heavy atom. The lowest BCUT2D eigenvalue weighted by molar-refractivity contribution is 0.0696. The van der Waals surface area contributed by atoms with Crippen LogP contribution in [0.5, 0.6) is 0 Å². The Morgan fingerprint density at radius 2 is 1.93 bits per heavy atom. The molecule has 1 atom stereocenters. The first-order valence-electron chi connectivity index (χ1n) is 15.7. The van der Waals surface area contributed by atoms with Crippen molar-refractivity contribution in [1.29, 1.82) is 0 Å². The first-order chi connectivity index (χ1) is 19.3. The number of unbranched alkanes of at least 4 members (excludes halogenated alkanes) is 3. The van der Waals surface area contributed by atoms with Crippen molar-refractivity contribution in [1.82, 2.24) is 0 Å². The highest BCUT2D eigenvalue weighted by molar-refractivity contribution is 5.90. The van der Waals surface area contributed by atoms with Crippen LogP contribution in [0.15, 0.2) is 60.2 Å². The summed E-state index contributed by atoms with van der Waals surface area (Å²) in [5, 5.41) is 9.62. The number of fused-ring (bicyclic) bond motifs is 1. The molecule has 40 heavy (non-hydrogen) atoms. The van der Waals surface area contributed by atoms with Gasteiger partial charge in [0.15, 0.2) is 0 Å². The van der Waals surface area contributed by atoms with Crippen molar-refractivity contribution >= 4 is 11.5 Å². The van der Waals surface area contributed by atoms with Crippen molar-refractivity contribution in [3.63, 3.8) is 0 Å². The lowest BCUT2D eigenvalue weighted by Crippen LogP contribution is -2.28. The fourth-order valence-corrected chi connectivity index (χ4v) is 7.20. The molecule has 0 heterocycles. The molecule has 0 spiro atoms. The molecule has 0 bridgehead atoms.